The van der Waals surface area contributed by atoms with Crippen molar-refractivity contribution in [3.8, 4) is 22.3 Å². The van der Waals surface area contributed by atoms with Crippen LogP contribution in [0.1, 0.15) is 64.5 Å². The Bertz CT molecular complexity index is 1740. The van der Waals surface area contributed by atoms with Gasteiger partial charge in [0.05, 0.1) is 35.2 Å². The van der Waals surface area contributed by atoms with Crippen LogP contribution in [0.3, 0.4) is 0 Å². The monoisotopic (exact) mass is 550 g/mol. The Balaban J connectivity index is 1.63. The third-order valence-electron chi connectivity index (χ3n) is 7.65. The SMILES string of the molecule is Cc1cc(-c2c(C)ccc(C(C)C)c2-c2cc(C)c(/N=C/c3ccccn3)c(C)c2)cc(C)c1/N=C/c1ccccn1. The molecule has 0 amide bonds. The number of pyridine rings is 2. The largest absolute Gasteiger partial charge is 0.255 e. The summed E-state index contributed by atoms with van der Waals surface area (Å²) in [6, 6.07) is 25.4. The van der Waals surface area contributed by atoms with Crippen molar-refractivity contribution in [3.05, 3.63) is 130 Å². The van der Waals surface area contributed by atoms with Gasteiger partial charge in [0.25, 0.3) is 0 Å². The Morgan fingerprint density at radius 2 is 1.00 bits per heavy atom. The molecule has 0 N–H and O–H groups in total. The van der Waals surface area contributed by atoms with Crippen LogP contribution in [0.15, 0.2) is 95.2 Å². The Labute approximate surface area is 250 Å². The van der Waals surface area contributed by atoms with E-state index in [1.165, 1.54) is 33.4 Å². The highest BCUT2D eigenvalue weighted by molar-refractivity contribution is 5.91. The first-order chi connectivity index (χ1) is 20.2. The number of hydrogen-bond acceptors (Lipinski definition) is 4. The Kier molecular flexibility index (Phi) is 8.53. The van der Waals surface area contributed by atoms with Gasteiger partial charge in [-0.3, -0.25) is 20.0 Å². The third-order valence-corrected chi connectivity index (χ3v) is 7.65. The van der Waals surface area contributed by atoms with Crippen LogP contribution < -0.4 is 0 Å². The summed E-state index contributed by atoms with van der Waals surface area (Å²) in [5, 5.41) is 0. The Morgan fingerprint density at radius 1 is 0.548 bits per heavy atom. The van der Waals surface area contributed by atoms with Crippen molar-refractivity contribution in [1.29, 1.82) is 0 Å². The maximum Gasteiger partial charge on any atom is 0.0812 e. The maximum atomic E-state index is 4.83. The van der Waals surface area contributed by atoms with Crippen molar-refractivity contribution in [2.24, 2.45) is 9.98 Å². The number of aryl methyl sites for hydroxylation is 5. The average Bonchev–Trinajstić information content (AvgIpc) is 2.97. The van der Waals surface area contributed by atoms with Gasteiger partial charge in [-0.2, -0.15) is 0 Å². The van der Waals surface area contributed by atoms with Crippen LogP contribution in [0, 0.1) is 34.6 Å². The second-order valence-corrected chi connectivity index (χ2v) is 11.3. The molecule has 0 atom stereocenters. The molecule has 0 aliphatic rings. The molecule has 4 heteroatoms. The lowest BCUT2D eigenvalue weighted by atomic mass is 9.82. The average molecular weight is 551 g/mol. The first kappa shape index (κ1) is 28.8. The summed E-state index contributed by atoms with van der Waals surface area (Å²) in [6.07, 6.45) is 7.27. The number of benzene rings is 3. The third kappa shape index (κ3) is 6.13. The molecule has 0 fully saturated rings. The second-order valence-electron chi connectivity index (χ2n) is 11.3. The zero-order chi connectivity index (χ0) is 29.8. The maximum absolute atomic E-state index is 4.83. The van der Waals surface area contributed by atoms with Gasteiger partial charge in [0.1, 0.15) is 0 Å². The molecular formula is C38H38N4. The summed E-state index contributed by atoms with van der Waals surface area (Å²) in [5.74, 6) is 0.367. The van der Waals surface area contributed by atoms with Gasteiger partial charge in [-0.1, -0.05) is 38.1 Å². The predicted molar refractivity (Wildman–Crippen MR) is 178 cm³/mol. The van der Waals surface area contributed by atoms with Crippen molar-refractivity contribution in [2.45, 2.75) is 54.4 Å². The molecule has 2 aromatic heterocycles. The standard InChI is InChI=1S/C38H38N4/c1-24(2)34-15-14-25(3)35(30-18-26(4)37(27(5)19-30)41-22-32-12-8-10-16-39-32)36(34)31-20-28(6)38(29(7)21-31)42-23-33-13-9-11-17-40-33/h8-24H,1-7H3/b41-22+,42-23+. The van der Waals surface area contributed by atoms with Gasteiger partial charge in [-0.15, -0.1) is 0 Å². The summed E-state index contributed by atoms with van der Waals surface area (Å²) in [4.78, 5) is 18.4. The van der Waals surface area contributed by atoms with Gasteiger partial charge in [-0.25, -0.2) is 0 Å². The van der Waals surface area contributed by atoms with Gasteiger partial charge in [-0.05, 0) is 145 Å². The Morgan fingerprint density at radius 3 is 1.40 bits per heavy atom. The van der Waals surface area contributed by atoms with E-state index in [-0.39, 0.29) is 0 Å². The summed E-state index contributed by atoms with van der Waals surface area (Å²) in [6.45, 7) is 15.3. The molecule has 4 nitrogen and oxygen atoms in total. The molecule has 5 rings (SSSR count). The second kappa shape index (κ2) is 12.4. The summed E-state index contributed by atoms with van der Waals surface area (Å²) < 4.78 is 0. The molecule has 42 heavy (non-hydrogen) atoms. The summed E-state index contributed by atoms with van der Waals surface area (Å²) >= 11 is 0. The summed E-state index contributed by atoms with van der Waals surface area (Å²) in [5.41, 5.74) is 15.8. The molecule has 0 saturated heterocycles. The Hall–Kier alpha value is -4.70. The molecule has 2 heterocycles. The molecule has 0 unspecified atom stereocenters. The van der Waals surface area contributed by atoms with E-state index in [1.54, 1.807) is 12.4 Å². The first-order valence-corrected chi connectivity index (χ1v) is 14.5. The number of rotatable bonds is 7. The highest BCUT2D eigenvalue weighted by Gasteiger charge is 2.20. The van der Waals surface area contributed by atoms with E-state index >= 15 is 0 Å². The van der Waals surface area contributed by atoms with Gasteiger partial charge >= 0.3 is 0 Å². The smallest absolute Gasteiger partial charge is 0.0812 e. The molecule has 210 valence electrons. The normalized spacial score (nSPS) is 11.7. The zero-order valence-electron chi connectivity index (χ0n) is 25.6. The van der Waals surface area contributed by atoms with Crippen LogP contribution in [0.4, 0.5) is 11.4 Å². The van der Waals surface area contributed by atoms with Gasteiger partial charge in [0, 0.05) is 12.4 Å². The topological polar surface area (TPSA) is 50.5 Å². The van der Waals surface area contributed by atoms with E-state index in [0.717, 1.165) is 45.0 Å². The van der Waals surface area contributed by atoms with Crippen LogP contribution in [0.2, 0.25) is 0 Å². The van der Waals surface area contributed by atoms with E-state index in [9.17, 15) is 0 Å². The lowest BCUT2D eigenvalue weighted by molar-refractivity contribution is 0.868. The van der Waals surface area contributed by atoms with Crippen LogP contribution in [0.5, 0.6) is 0 Å². The molecule has 0 radical (unpaired) electrons. The van der Waals surface area contributed by atoms with Gasteiger partial charge in [0.2, 0.25) is 0 Å². The van der Waals surface area contributed by atoms with Crippen LogP contribution in [0.25, 0.3) is 22.3 Å². The van der Waals surface area contributed by atoms with Gasteiger partial charge < -0.3 is 0 Å². The van der Waals surface area contributed by atoms with Crippen molar-refractivity contribution in [2.75, 3.05) is 0 Å². The van der Waals surface area contributed by atoms with Crippen molar-refractivity contribution >= 4 is 23.8 Å². The van der Waals surface area contributed by atoms with E-state index in [2.05, 4.69) is 94.8 Å². The lowest BCUT2D eigenvalue weighted by Crippen LogP contribution is -2.00. The molecule has 0 spiro atoms. The fourth-order valence-electron chi connectivity index (χ4n) is 5.66. The van der Waals surface area contributed by atoms with Crippen LogP contribution in [-0.4, -0.2) is 22.4 Å². The highest BCUT2D eigenvalue weighted by atomic mass is 14.8. The minimum absolute atomic E-state index is 0.367. The van der Waals surface area contributed by atoms with Crippen molar-refractivity contribution in [3.63, 3.8) is 0 Å². The fraction of sp³-hybridized carbons (Fsp3) is 0.211. The number of aliphatic imine (C=N–C) groups is 2. The highest BCUT2D eigenvalue weighted by Crippen LogP contribution is 2.43. The molecule has 0 bridgehead atoms. The van der Waals surface area contributed by atoms with Crippen molar-refractivity contribution < 1.29 is 0 Å². The van der Waals surface area contributed by atoms with E-state index < -0.39 is 0 Å². The predicted octanol–water partition coefficient (Wildman–Crippen LogP) is 9.98. The van der Waals surface area contributed by atoms with E-state index in [4.69, 9.17) is 9.98 Å². The minimum Gasteiger partial charge on any atom is -0.255 e. The quantitative estimate of drug-likeness (QED) is 0.189. The first-order valence-electron chi connectivity index (χ1n) is 14.5. The number of hydrogen-bond donors (Lipinski definition) is 0. The fourth-order valence-corrected chi connectivity index (χ4v) is 5.66. The van der Waals surface area contributed by atoms with Crippen LogP contribution in [-0.2, 0) is 0 Å². The number of aromatic nitrogens is 2. The molecule has 3 aromatic carbocycles. The number of nitrogens with zero attached hydrogens (tertiary/aromatic N) is 4. The molecule has 5 aromatic rings. The zero-order valence-corrected chi connectivity index (χ0v) is 25.6. The molecule has 0 aliphatic carbocycles. The lowest BCUT2D eigenvalue weighted by Gasteiger charge is -2.22. The molecule has 0 saturated carbocycles. The summed E-state index contributed by atoms with van der Waals surface area (Å²) in [7, 11) is 0. The molecule has 0 aliphatic heterocycles. The van der Waals surface area contributed by atoms with E-state index in [1.807, 2.05) is 48.8 Å². The van der Waals surface area contributed by atoms with E-state index in [0.29, 0.717) is 5.92 Å². The van der Waals surface area contributed by atoms with Crippen LogP contribution >= 0.6 is 0 Å². The minimum atomic E-state index is 0.367. The molecular weight excluding hydrogens is 512 g/mol. The van der Waals surface area contributed by atoms with Gasteiger partial charge in [0.15, 0.2) is 0 Å². The van der Waals surface area contributed by atoms with Crippen molar-refractivity contribution in [1.82, 2.24) is 9.97 Å².